The van der Waals surface area contributed by atoms with Crippen LogP contribution in [0.4, 0.5) is 22.0 Å². The molecule has 1 amide bonds. The highest BCUT2D eigenvalue weighted by atomic mass is 19.4. The molecule has 1 atom stereocenters. The number of nitrogens with zero attached hydrogens (tertiary/aromatic N) is 2. The van der Waals surface area contributed by atoms with Crippen molar-refractivity contribution < 1.29 is 36.2 Å². The molecule has 33 heavy (non-hydrogen) atoms. The Bertz CT molecular complexity index is 1090. The van der Waals surface area contributed by atoms with Gasteiger partial charge in [0.1, 0.15) is 18.1 Å². The first-order valence-corrected chi connectivity index (χ1v) is 9.47. The Morgan fingerprint density at radius 1 is 1.06 bits per heavy atom. The van der Waals surface area contributed by atoms with Crippen LogP contribution in [0.3, 0.4) is 0 Å². The van der Waals surface area contributed by atoms with Crippen LogP contribution in [0, 0.1) is 22.7 Å². The van der Waals surface area contributed by atoms with Crippen molar-refractivity contribution in [3.05, 3.63) is 59.2 Å². The Kier molecular flexibility index (Phi) is 7.49. The van der Waals surface area contributed by atoms with Crippen LogP contribution in [0.5, 0.6) is 11.5 Å². The summed E-state index contributed by atoms with van der Waals surface area (Å²) in [6, 6.07) is 11.0. The Morgan fingerprint density at radius 2 is 1.70 bits per heavy atom. The highest BCUT2D eigenvalue weighted by Gasteiger charge is 2.35. The molecule has 0 saturated heterocycles. The molecule has 174 valence electrons. The van der Waals surface area contributed by atoms with Gasteiger partial charge in [-0.25, -0.2) is 8.78 Å². The molecule has 0 heterocycles. The highest BCUT2D eigenvalue weighted by Crippen LogP contribution is 2.38. The van der Waals surface area contributed by atoms with Crippen molar-refractivity contribution in [2.45, 2.75) is 38.1 Å². The number of carbonyl (C=O) groups is 1. The maximum absolute atomic E-state index is 14.3. The van der Waals surface area contributed by atoms with Crippen molar-refractivity contribution in [2.24, 2.45) is 0 Å². The number of alkyl halides is 5. The van der Waals surface area contributed by atoms with E-state index in [1.54, 1.807) is 0 Å². The Labute approximate surface area is 186 Å². The monoisotopic (exact) mass is 467 g/mol. The van der Waals surface area contributed by atoms with Gasteiger partial charge >= 0.3 is 6.36 Å². The van der Waals surface area contributed by atoms with Gasteiger partial charge in [0.25, 0.3) is 11.8 Å². The largest absolute Gasteiger partial charge is 0.573 e. The van der Waals surface area contributed by atoms with Gasteiger partial charge in [0.2, 0.25) is 0 Å². The van der Waals surface area contributed by atoms with Crippen LogP contribution in [0.1, 0.15) is 41.8 Å². The van der Waals surface area contributed by atoms with E-state index in [1.807, 2.05) is 12.1 Å². The molecule has 0 bridgehead atoms. The Hall–Kier alpha value is -3.86. The Morgan fingerprint density at radius 3 is 2.21 bits per heavy atom. The average molecular weight is 467 g/mol. The predicted octanol–water partition coefficient (Wildman–Crippen LogP) is 5.05. The van der Waals surface area contributed by atoms with Crippen molar-refractivity contribution in [1.82, 2.24) is 5.32 Å². The summed E-state index contributed by atoms with van der Waals surface area (Å²) in [5.74, 6) is -4.92. The molecule has 0 spiro atoms. The van der Waals surface area contributed by atoms with Gasteiger partial charge in [0, 0.05) is 12.0 Å². The number of halogens is 5. The molecule has 2 aromatic rings. The molecule has 0 aromatic heterocycles. The molecule has 2 rings (SSSR count). The number of amides is 1. The van der Waals surface area contributed by atoms with E-state index < -0.39 is 48.1 Å². The number of ether oxygens (including phenoxy) is 2. The average Bonchev–Trinajstić information content (AvgIpc) is 2.76. The summed E-state index contributed by atoms with van der Waals surface area (Å²) in [4.78, 5) is 12.5. The molecule has 1 N–H and O–H groups in total. The van der Waals surface area contributed by atoms with Gasteiger partial charge in [0.15, 0.2) is 5.54 Å². The second-order valence-electron chi connectivity index (χ2n) is 7.14. The zero-order valence-corrected chi connectivity index (χ0v) is 17.5. The summed E-state index contributed by atoms with van der Waals surface area (Å²) in [6.07, 6.45) is -5.42. The van der Waals surface area contributed by atoms with Crippen LogP contribution in [-0.2, 0) is 5.92 Å². The van der Waals surface area contributed by atoms with Gasteiger partial charge in [-0.1, -0.05) is 6.92 Å². The van der Waals surface area contributed by atoms with E-state index in [1.165, 1.54) is 19.9 Å². The molecule has 6 nitrogen and oxygen atoms in total. The molecule has 0 aliphatic carbocycles. The second kappa shape index (κ2) is 9.74. The smallest absolute Gasteiger partial charge is 0.489 e. The van der Waals surface area contributed by atoms with Crippen molar-refractivity contribution in [3.8, 4) is 23.6 Å². The van der Waals surface area contributed by atoms with Gasteiger partial charge in [-0.05, 0) is 49.4 Å². The first-order valence-electron chi connectivity index (χ1n) is 9.47. The summed E-state index contributed by atoms with van der Waals surface area (Å²) < 4.78 is 74.4. The minimum atomic E-state index is -4.89. The van der Waals surface area contributed by atoms with Crippen LogP contribution in [0.25, 0.3) is 0 Å². The SMILES string of the molecule is CCC(F)(F)c1ccc(C#N)cc1OCC(C)(C#N)NC(=O)c1ccc(OC(F)(F)F)cc1. The van der Waals surface area contributed by atoms with Crippen molar-refractivity contribution in [1.29, 1.82) is 10.5 Å². The number of nitrogens with one attached hydrogen (secondary N) is 1. The molecule has 11 heteroatoms. The van der Waals surface area contributed by atoms with E-state index >= 15 is 0 Å². The normalized spacial score (nSPS) is 13.2. The maximum Gasteiger partial charge on any atom is 0.573 e. The highest BCUT2D eigenvalue weighted by molar-refractivity contribution is 5.95. The summed E-state index contributed by atoms with van der Waals surface area (Å²) >= 11 is 0. The van der Waals surface area contributed by atoms with Crippen LogP contribution >= 0.6 is 0 Å². The van der Waals surface area contributed by atoms with E-state index in [0.717, 1.165) is 36.4 Å². The third-order valence-corrected chi connectivity index (χ3v) is 4.45. The van der Waals surface area contributed by atoms with Gasteiger partial charge in [-0.3, -0.25) is 4.79 Å². The molecule has 0 aliphatic rings. The predicted molar refractivity (Wildman–Crippen MR) is 105 cm³/mol. The fraction of sp³-hybridized carbons (Fsp3) is 0.318. The Balaban J connectivity index is 2.18. The quantitative estimate of drug-likeness (QED) is 0.549. The minimum Gasteiger partial charge on any atom is -0.489 e. The van der Waals surface area contributed by atoms with Crippen molar-refractivity contribution in [3.63, 3.8) is 0 Å². The van der Waals surface area contributed by atoms with Gasteiger partial charge < -0.3 is 14.8 Å². The van der Waals surface area contributed by atoms with Gasteiger partial charge in [0.05, 0.1) is 23.3 Å². The third kappa shape index (κ3) is 6.81. The van der Waals surface area contributed by atoms with Crippen LogP contribution in [0.2, 0.25) is 0 Å². The molecule has 2 aromatic carbocycles. The van der Waals surface area contributed by atoms with Crippen molar-refractivity contribution in [2.75, 3.05) is 6.61 Å². The first-order chi connectivity index (χ1) is 15.3. The molecule has 0 saturated carbocycles. The fourth-order valence-electron chi connectivity index (χ4n) is 2.65. The molecule has 0 radical (unpaired) electrons. The van der Waals surface area contributed by atoms with Crippen LogP contribution < -0.4 is 14.8 Å². The van der Waals surface area contributed by atoms with Crippen LogP contribution in [-0.4, -0.2) is 24.4 Å². The summed E-state index contributed by atoms with van der Waals surface area (Å²) in [5.41, 5.74) is -2.18. The standard InChI is InChI=1S/C22H18F5N3O3/c1-3-21(23,24)17-9-4-14(11-28)10-18(17)32-13-20(2,12-29)30-19(31)15-5-7-16(8-6-15)33-22(25,26)27/h4-10H,3,13H2,1-2H3,(H,30,31). The summed E-state index contributed by atoms with van der Waals surface area (Å²) in [5, 5.41) is 20.9. The van der Waals surface area contributed by atoms with E-state index in [-0.39, 0.29) is 16.9 Å². The third-order valence-electron chi connectivity index (χ3n) is 4.45. The molecule has 1 unspecified atom stereocenters. The number of nitriles is 2. The first kappa shape index (κ1) is 25.4. The molecular formula is C22H18F5N3O3. The van der Waals surface area contributed by atoms with E-state index in [2.05, 4.69) is 10.1 Å². The zero-order valence-electron chi connectivity index (χ0n) is 17.5. The van der Waals surface area contributed by atoms with Gasteiger partial charge in [-0.2, -0.15) is 10.5 Å². The van der Waals surface area contributed by atoms with Crippen LogP contribution in [0.15, 0.2) is 42.5 Å². The van der Waals surface area contributed by atoms with E-state index in [0.29, 0.717) is 0 Å². The molecule has 0 fully saturated rings. The number of rotatable bonds is 8. The summed E-state index contributed by atoms with van der Waals surface area (Å²) in [7, 11) is 0. The fourth-order valence-corrected chi connectivity index (χ4v) is 2.65. The van der Waals surface area contributed by atoms with E-state index in [9.17, 15) is 32.0 Å². The number of benzene rings is 2. The van der Waals surface area contributed by atoms with Crippen molar-refractivity contribution >= 4 is 5.91 Å². The lowest BCUT2D eigenvalue weighted by atomic mass is 10.0. The number of hydrogen-bond donors (Lipinski definition) is 1. The maximum atomic E-state index is 14.3. The van der Waals surface area contributed by atoms with Gasteiger partial charge in [-0.15, -0.1) is 13.2 Å². The number of carbonyl (C=O) groups excluding carboxylic acids is 1. The molecule has 0 aliphatic heterocycles. The lowest BCUT2D eigenvalue weighted by Crippen LogP contribution is -2.49. The topological polar surface area (TPSA) is 95.1 Å². The zero-order chi connectivity index (χ0) is 24.9. The lowest BCUT2D eigenvalue weighted by molar-refractivity contribution is -0.274. The minimum absolute atomic E-state index is 0.0597. The lowest BCUT2D eigenvalue weighted by Gasteiger charge is -2.25. The number of hydrogen-bond acceptors (Lipinski definition) is 5. The second-order valence-corrected chi connectivity index (χ2v) is 7.14. The summed E-state index contributed by atoms with van der Waals surface area (Å²) in [6.45, 7) is 2.00. The van der Waals surface area contributed by atoms with E-state index in [4.69, 9.17) is 10.00 Å². The molecular weight excluding hydrogens is 449 g/mol.